The van der Waals surface area contributed by atoms with Gasteiger partial charge in [0.25, 0.3) is 0 Å². The van der Waals surface area contributed by atoms with Crippen LogP contribution in [0.5, 0.6) is 5.75 Å². The highest BCUT2D eigenvalue weighted by Crippen LogP contribution is 2.30. The van der Waals surface area contributed by atoms with Crippen molar-refractivity contribution in [3.05, 3.63) is 29.8 Å². The second-order valence-electron chi connectivity index (χ2n) is 7.46. The van der Waals surface area contributed by atoms with Gasteiger partial charge in [0, 0.05) is 31.7 Å². The van der Waals surface area contributed by atoms with Gasteiger partial charge < -0.3 is 19.9 Å². The van der Waals surface area contributed by atoms with Gasteiger partial charge in [0.2, 0.25) is 5.91 Å². The molecule has 2 aliphatic rings. The summed E-state index contributed by atoms with van der Waals surface area (Å²) in [6.45, 7) is 5.14. The van der Waals surface area contributed by atoms with Crippen molar-refractivity contribution in [2.45, 2.75) is 32.2 Å². The molecule has 1 aromatic carbocycles. The number of morpholine rings is 1. The maximum Gasteiger partial charge on any atom is 0.307 e. The second kappa shape index (κ2) is 10.4. The van der Waals surface area contributed by atoms with Crippen LogP contribution in [-0.4, -0.2) is 61.3 Å². The fourth-order valence-corrected chi connectivity index (χ4v) is 3.95. The Balaban J connectivity index is 1.51. The van der Waals surface area contributed by atoms with Crippen LogP contribution in [0.2, 0.25) is 0 Å². The first-order valence-electron chi connectivity index (χ1n) is 10.2. The molecule has 154 valence electrons. The van der Waals surface area contributed by atoms with Crippen LogP contribution in [0.4, 0.5) is 0 Å². The predicted molar refractivity (Wildman–Crippen MR) is 104 cm³/mol. The number of ether oxygens (including phenoxy) is 2. The van der Waals surface area contributed by atoms with Crippen LogP contribution in [0.15, 0.2) is 24.3 Å². The van der Waals surface area contributed by atoms with Crippen LogP contribution in [0.3, 0.4) is 0 Å². The lowest BCUT2D eigenvalue weighted by Gasteiger charge is -2.27. The van der Waals surface area contributed by atoms with Crippen molar-refractivity contribution in [1.82, 2.24) is 10.2 Å². The van der Waals surface area contributed by atoms with E-state index in [9.17, 15) is 14.7 Å². The standard InChI is InChI=1S/C21H30N2O5/c24-20(17-6-2-3-7-18(17)21(25)26)22-15-16-5-1-4-8-19(16)28-14-11-23-9-12-27-13-10-23/h1,4-5,8,17-18H,2-3,6-7,9-15H2,(H,22,24)(H,25,26). The van der Waals surface area contributed by atoms with Gasteiger partial charge in [-0.15, -0.1) is 0 Å². The van der Waals surface area contributed by atoms with Crippen LogP contribution in [-0.2, 0) is 20.9 Å². The number of aliphatic carboxylic acids is 1. The first kappa shape index (κ1) is 20.6. The van der Waals surface area contributed by atoms with Gasteiger partial charge in [-0.25, -0.2) is 0 Å². The van der Waals surface area contributed by atoms with Crippen molar-refractivity contribution in [3.8, 4) is 5.75 Å². The molecule has 2 atom stereocenters. The van der Waals surface area contributed by atoms with Gasteiger partial charge in [-0.3, -0.25) is 14.5 Å². The second-order valence-corrected chi connectivity index (χ2v) is 7.46. The normalized spacial score (nSPS) is 23.1. The summed E-state index contributed by atoms with van der Waals surface area (Å²) in [6.07, 6.45) is 3.00. The number of rotatable bonds is 8. The van der Waals surface area contributed by atoms with Crippen molar-refractivity contribution in [2.75, 3.05) is 39.5 Å². The van der Waals surface area contributed by atoms with E-state index in [1.165, 1.54) is 0 Å². The molecule has 1 aliphatic heterocycles. The zero-order valence-corrected chi connectivity index (χ0v) is 16.3. The quantitative estimate of drug-likeness (QED) is 0.705. The maximum atomic E-state index is 12.6. The minimum absolute atomic E-state index is 0.171. The highest BCUT2D eigenvalue weighted by atomic mass is 16.5. The lowest BCUT2D eigenvalue weighted by molar-refractivity contribution is -0.148. The molecule has 2 fully saturated rings. The van der Waals surface area contributed by atoms with Gasteiger partial charge in [-0.05, 0) is 18.9 Å². The summed E-state index contributed by atoms with van der Waals surface area (Å²) in [4.78, 5) is 26.3. The summed E-state index contributed by atoms with van der Waals surface area (Å²) < 4.78 is 11.3. The van der Waals surface area contributed by atoms with E-state index in [2.05, 4.69) is 10.2 Å². The van der Waals surface area contributed by atoms with Crippen LogP contribution < -0.4 is 10.1 Å². The molecule has 1 aliphatic carbocycles. The number of benzene rings is 1. The van der Waals surface area contributed by atoms with Crippen molar-refractivity contribution in [2.24, 2.45) is 11.8 Å². The Labute approximate surface area is 166 Å². The van der Waals surface area contributed by atoms with E-state index in [0.717, 1.165) is 57.0 Å². The third-order valence-corrected chi connectivity index (χ3v) is 5.61. The molecule has 1 heterocycles. The van der Waals surface area contributed by atoms with Gasteiger partial charge >= 0.3 is 5.97 Å². The zero-order valence-electron chi connectivity index (χ0n) is 16.3. The Kier molecular flexibility index (Phi) is 7.68. The molecule has 7 heteroatoms. The molecule has 0 bridgehead atoms. The lowest BCUT2D eigenvalue weighted by Crippen LogP contribution is -2.39. The fraction of sp³-hybridized carbons (Fsp3) is 0.619. The third kappa shape index (κ3) is 5.69. The number of carbonyl (C=O) groups is 2. The topological polar surface area (TPSA) is 88.1 Å². The summed E-state index contributed by atoms with van der Waals surface area (Å²) in [5, 5.41) is 12.3. The van der Waals surface area contributed by atoms with Gasteiger partial charge in [-0.1, -0.05) is 31.0 Å². The summed E-state index contributed by atoms with van der Waals surface area (Å²) in [5.41, 5.74) is 0.903. The zero-order chi connectivity index (χ0) is 19.8. The minimum Gasteiger partial charge on any atom is -0.492 e. The summed E-state index contributed by atoms with van der Waals surface area (Å²) in [7, 11) is 0. The molecule has 1 aromatic rings. The lowest BCUT2D eigenvalue weighted by atomic mass is 9.78. The fourth-order valence-electron chi connectivity index (χ4n) is 3.95. The molecule has 0 spiro atoms. The number of carboxylic acids is 1. The first-order chi connectivity index (χ1) is 13.6. The van der Waals surface area contributed by atoms with E-state index >= 15 is 0 Å². The number of amides is 1. The van der Waals surface area contributed by atoms with E-state index in [0.29, 0.717) is 26.0 Å². The molecule has 1 saturated carbocycles. The largest absolute Gasteiger partial charge is 0.492 e. The molecular weight excluding hydrogens is 360 g/mol. The number of hydrogen-bond acceptors (Lipinski definition) is 5. The Morgan fingerprint density at radius 2 is 1.86 bits per heavy atom. The van der Waals surface area contributed by atoms with Gasteiger partial charge in [0.15, 0.2) is 0 Å². The van der Waals surface area contributed by atoms with Gasteiger partial charge in [0.1, 0.15) is 12.4 Å². The molecule has 1 saturated heterocycles. The minimum atomic E-state index is -0.869. The van der Waals surface area contributed by atoms with Crippen LogP contribution in [0.25, 0.3) is 0 Å². The number of hydrogen-bond donors (Lipinski definition) is 2. The van der Waals surface area contributed by atoms with Crippen LogP contribution >= 0.6 is 0 Å². The van der Waals surface area contributed by atoms with Crippen molar-refractivity contribution in [1.29, 1.82) is 0 Å². The molecule has 2 N–H and O–H groups in total. The summed E-state index contributed by atoms with van der Waals surface area (Å²) >= 11 is 0. The third-order valence-electron chi connectivity index (χ3n) is 5.61. The van der Waals surface area contributed by atoms with Crippen molar-refractivity contribution >= 4 is 11.9 Å². The van der Waals surface area contributed by atoms with Crippen molar-refractivity contribution < 1.29 is 24.2 Å². The molecule has 2 unspecified atom stereocenters. The molecule has 3 rings (SSSR count). The van der Waals surface area contributed by atoms with E-state index in [4.69, 9.17) is 9.47 Å². The number of carbonyl (C=O) groups excluding carboxylic acids is 1. The van der Waals surface area contributed by atoms with E-state index in [1.807, 2.05) is 24.3 Å². The van der Waals surface area contributed by atoms with E-state index in [1.54, 1.807) is 0 Å². The molecular formula is C21H30N2O5. The average Bonchev–Trinajstić information content (AvgIpc) is 2.73. The molecule has 0 radical (unpaired) electrons. The SMILES string of the molecule is O=C(O)C1CCCCC1C(=O)NCc1ccccc1OCCN1CCOCC1. The Morgan fingerprint density at radius 3 is 2.61 bits per heavy atom. The Hall–Kier alpha value is -2.12. The Morgan fingerprint density at radius 1 is 1.14 bits per heavy atom. The molecule has 1 amide bonds. The number of nitrogens with zero attached hydrogens (tertiary/aromatic N) is 1. The van der Waals surface area contributed by atoms with E-state index < -0.39 is 17.8 Å². The highest BCUT2D eigenvalue weighted by Gasteiger charge is 2.35. The highest BCUT2D eigenvalue weighted by molar-refractivity contribution is 5.84. The van der Waals surface area contributed by atoms with Crippen molar-refractivity contribution in [3.63, 3.8) is 0 Å². The maximum absolute atomic E-state index is 12.6. The number of carboxylic acid groups (broad SMARTS) is 1. The smallest absolute Gasteiger partial charge is 0.307 e. The molecule has 28 heavy (non-hydrogen) atoms. The predicted octanol–water partition coefficient (Wildman–Crippen LogP) is 1.90. The van der Waals surface area contributed by atoms with Crippen LogP contribution in [0, 0.1) is 11.8 Å². The summed E-state index contributed by atoms with van der Waals surface area (Å²) in [6, 6.07) is 7.66. The molecule has 0 aromatic heterocycles. The average molecular weight is 390 g/mol. The first-order valence-corrected chi connectivity index (χ1v) is 10.2. The summed E-state index contributed by atoms with van der Waals surface area (Å²) in [5.74, 6) is -1.30. The number of nitrogens with one attached hydrogen (secondary N) is 1. The monoisotopic (exact) mass is 390 g/mol. The van der Waals surface area contributed by atoms with Gasteiger partial charge in [0.05, 0.1) is 25.0 Å². The van der Waals surface area contributed by atoms with Gasteiger partial charge in [-0.2, -0.15) is 0 Å². The van der Waals surface area contributed by atoms with Crippen LogP contribution in [0.1, 0.15) is 31.2 Å². The molecule has 7 nitrogen and oxygen atoms in total. The Bertz CT molecular complexity index is 660. The number of para-hydroxylation sites is 1. The van der Waals surface area contributed by atoms with E-state index in [-0.39, 0.29) is 5.91 Å².